The quantitative estimate of drug-likeness (QED) is 0.854. The third kappa shape index (κ3) is 5.39. The summed E-state index contributed by atoms with van der Waals surface area (Å²) in [5, 5.41) is 2.58. The molecule has 0 atom stereocenters. The Hall–Kier alpha value is -2.32. The van der Waals surface area contributed by atoms with Crippen LogP contribution in [0.25, 0.3) is 0 Å². The summed E-state index contributed by atoms with van der Waals surface area (Å²) in [5.41, 5.74) is 0.326. The summed E-state index contributed by atoms with van der Waals surface area (Å²) in [6, 6.07) is 5.44. The summed E-state index contributed by atoms with van der Waals surface area (Å²) in [4.78, 5) is 24.7. The molecule has 2 amide bonds. The zero-order valence-corrected chi connectivity index (χ0v) is 12.6. The van der Waals surface area contributed by atoms with Crippen LogP contribution in [0.2, 0.25) is 0 Å². The Morgan fingerprint density at radius 3 is 2.50 bits per heavy atom. The number of hydrogen-bond acceptors (Lipinski definition) is 3. The predicted molar refractivity (Wildman–Crippen MR) is 76.7 cm³/mol. The maximum Gasteiger partial charge on any atom is 0.422 e. The first kappa shape index (κ1) is 18.0. The molecule has 0 saturated carbocycles. The number of nitrogens with one attached hydrogen (secondary N) is 1. The van der Waals surface area contributed by atoms with Crippen LogP contribution in [0.5, 0.6) is 0 Å². The highest BCUT2D eigenvalue weighted by molar-refractivity contribution is 5.92. The number of halogens is 4. The fourth-order valence-electron chi connectivity index (χ4n) is 2.37. The molecule has 0 spiro atoms. The first-order valence-electron chi connectivity index (χ1n) is 7.29. The maximum atomic E-state index is 13.1. The number of amides is 2. The van der Waals surface area contributed by atoms with Crippen molar-refractivity contribution >= 4 is 17.7 Å². The van der Waals surface area contributed by atoms with Crippen molar-refractivity contribution in [1.82, 2.24) is 4.90 Å². The van der Waals surface area contributed by atoms with Crippen LogP contribution in [0, 0.1) is 11.7 Å². The number of carbonyl (C=O) groups is 2. The monoisotopic (exact) mass is 348 g/mol. The second-order valence-corrected chi connectivity index (χ2v) is 5.43. The van der Waals surface area contributed by atoms with Crippen LogP contribution in [0.4, 0.5) is 28.0 Å². The first-order chi connectivity index (χ1) is 11.2. The van der Waals surface area contributed by atoms with Gasteiger partial charge in [-0.1, -0.05) is 6.07 Å². The van der Waals surface area contributed by atoms with Gasteiger partial charge in [0.05, 0.1) is 0 Å². The lowest BCUT2D eigenvalue weighted by Gasteiger charge is -2.30. The second kappa shape index (κ2) is 7.50. The lowest BCUT2D eigenvalue weighted by Crippen LogP contribution is -2.42. The Balaban J connectivity index is 1.79. The van der Waals surface area contributed by atoms with Gasteiger partial charge < -0.3 is 15.0 Å². The van der Waals surface area contributed by atoms with Crippen molar-refractivity contribution in [3.63, 3.8) is 0 Å². The third-order valence-electron chi connectivity index (χ3n) is 3.58. The zero-order chi connectivity index (χ0) is 17.7. The van der Waals surface area contributed by atoms with Gasteiger partial charge in [0.15, 0.2) is 6.61 Å². The SMILES string of the molecule is O=C(Nc1cccc(F)c1)C1CCN(C(=O)OCC(F)(F)F)CC1. The molecule has 0 aliphatic carbocycles. The van der Waals surface area contributed by atoms with E-state index in [0.29, 0.717) is 18.5 Å². The molecule has 1 fully saturated rings. The van der Waals surface area contributed by atoms with Gasteiger partial charge in [-0.2, -0.15) is 13.2 Å². The second-order valence-electron chi connectivity index (χ2n) is 5.43. The van der Waals surface area contributed by atoms with Crippen LogP contribution in [0.3, 0.4) is 0 Å². The highest BCUT2D eigenvalue weighted by atomic mass is 19.4. The molecule has 1 aliphatic rings. The van der Waals surface area contributed by atoms with Gasteiger partial charge in [0, 0.05) is 24.7 Å². The van der Waals surface area contributed by atoms with Crippen LogP contribution in [0.1, 0.15) is 12.8 Å². The number of anilines is 1. The van der Waals surface area contributed by atoms with E-state index >= 15 is 0 Å². The summed E-state index contributed by atoms with van der Waals surface area (Å²) in [6.07, 6.45) is -5.03. The number of ether oxygens (including phenoxy) is 1. The van der Waals surface area contributed by atoms with E-state index in [-0.39, 0.29) is 19.0 Å². The minimum Gasteiger partial charge on any atom is -0.440 e. The summed E-state index contributed by atoms with van der Waals surface area (Å²) in [5.74, 6) is -1.20. The number of nitrogens with zero attached hydrogens (tertiary/aromatic N) is 1. The molecule has 1 heterocycles. The van der Waals surface area contributed by atoms with E-state index in [4.69, 9.17) is 0 Å². The van der Waals surface area contributed by atoms with Crippen molar-refractivity contribution in [1.29, 1.82) is 0 Å². The van der Waals surface area contributed by atoms with E-state index in [9.17, 15) is 27.2 Å². The standard InChI is InChI=1S/C15H16F4N2O3/c16-11-2-1-3-12(8-11)20-13(22)10-4-6-21(7-5-10)14(23)24-9-15(17,18)19/h1-3,8,10H,4-7,9H2,(H,20,22). The normalized spacial score (nSPS) is 15.9. The topological polar surface area (TPSA) is 58.6 Å². The highest BCUT2D eigenvalue weighted by Crippen LogP contribution is 2.21. The molecule has 0 unspecified atom stereocenters. The fourth-order valence-corrected chi connectivity index (χ4v) is 2.37. The summed E-state index contributed by atoms with van der Waals surface area (Å²) in [6.45, 7) is -1.39. The minimum atomic E-state index is -4.57. The fraction of sp³-hybridized carbons (Fsp3) is 0.467. The van der Waals surface area contributed by atoms with Gasteiger partial charge in [0.25, 0.3) is 0 Å². The largest absolute Gasteiger partial charge is 0.440 e. The van der Waals surface area contributed by atoms with Crippen molar-refractivity contribution in [2.24, 2.45) is 5.92 Å². The Labute approximate surface area is 135 Å². The molecule has 0 radical (unpaired) electrons. The number of hydrogen-bond donors (Lipinski definition) is 1. The Bertz CT molecular complexity index is 599. The van der Waals surface area contributed by atoms with Gasteiger partial charge in [0.1, 0.15) is 5.82 Å². The van der Waals surface area contributed by atoms with Crippen LogP contribution in [-0.2, 0) is 9.53 Å². The molecule has 1 N–H and O–H groups in total. The number of likely N-dealkylation sites (tertiary alicyclic amines) is 1. The van der Waals surface area contributed by atoms with Crippen molar-refractivity contribution in [3.05, 3.63) is 30.1 Å². The lowest BCUT2D eigenvalue weighted by atomic mass is 9.96. The van der Waals surface area contributed by atoms with Gasteiger partial charge in [-0.05, 0) is 31.0 Å². The summed E-state index contributed by atoms with van der Waals surface area (Å²) >= 11 is 0. The number of alkyl halides is 3. The van der Waals surface area contributed by atoms with E-state index in [0.717, 1.165) is 4.90 Å². The first-order valence-corrected chi connectivity index (χ1v) is 7.29. The van der Waals surface area contributed by atoms with E-state index in [1.165, 1.54) is 18.2 Å². The third-order valence-corrected chi connectivity index (χ3v) is 3.58. The number of carbonyl (C=O) groups excluding carboxylic acids is 2. The molecule has 24 heavy (non-hydrogen) atoms. The molecule has 2 rings (SSSR count). The molecular formula is C15H16F4N2O3. The van der Waals surface area contributed by atoms with E-state index in [2.05, 4.69) is 10.1 Å². The summed E-state index contributed by atoms with van der Waals surface area (Å²) < 4.78 is 53.3. The molecule has 1 aliphatic heterocycles. The van der Waals surface area contributed by atoms with Crippen LogP contribution in [-0.4, -0.2) is 42.8 Å². The van der Waals surface area contributed by atoms with Gasteiger partial charge >= 0.3 is 12.3 Å². The molecule has 132 valence electrons. The Morgan fingerprint density at radius 1 is 1.25 bits per heavy atom. The number of piperidine rings is 1. The van der Waals surface area contributed by atoms with Gasteiger partial charge in [-0.15, -0.1) is 0 Å². The Morgan fingerprint density at radius 2 is 1.92 bits per heavy atom. The van der Waals surface area contributed by atoms with Gasteiger partial charge in [-0.3, -0.25) is 4.79 Å². The number of benzene rings is 1. The lowest BCUT2D eigenvalue weighted by molar-refractivity contribution is -0.162. The number of rotatable bonds is 3. The average Bonchev–Trinajstić information content (AvgIpc) is 2.52. The van der Waals surface area contributed by atoms with Crippen molar-refractivity contribution in [3.8, 4) is 0 Å². The predicted octanol–water partition coefficient (Wildman–Crippen LogP) is 3.18. The van der Waals surface area contributed by atoms with E-state index < -0.39 is 30.6 Å². The molecule has 0 aromatic heterocycles. The molecule has 0 bridgehead atoms. The average molecular weight is 348 g/mol. The van der Waals surface area contributed by atoms with E-state index in [1.807, 2.05) is 0 Å². The Kier molecular flexibility index (Phi) is 5.63. The molecule has 1 aromatic carbocycles. The molecular weight excluding hydrogens is 332 g/mol. The molecule has 9 heteroatoms. The maximum absolute atomic E-state index is 13.1. The summed E-state index contributed by atoms with van der Waals surface area (Å²) in [7, 11) is 0. The highest BCUT2D eigenvalue weighted by Gasteiger charge is 2.32. The molecule has 1 saturated heterocycles. The minimum absolute atomic E-state index is 0.123. The van der Waals surface area contributed by atoms with Crippen molar-refractivity contribution in [2.75, 3.05) is 25.0 Å². The van der Waals surface area contributed by atoms with Crippen LogP contribution >= 0.6 is 0 Å². The smallest absolute Gasteiger partial charge is 0.422 e. The zero-order valence-electron chi connectivity index (χ0n) is 12.6. The van der Waals surface area contributed by atoms with Crippen molar-refractivity contribution < 1.29 is 31.9 Å². The molecule has 5 nitrogen and oxygen atoms in total. The van der Waals surface area contributed by atoms with Gasteiger partial charge in [-0.25, -0.2) is 9.18 Å². The van der Waals surface area contributed by atoms with Gasteiger partial charge in [0.2, 0.25) is 5.91 Å². The van der Waals surface area contributed by atoms with E-state index in [1.54, 1.807) is 6.07 Å². The van der Waals surface area contributed by atoms with Crippen LogP contribution in [0.15, 0.2) is 24.3 Å². The van der Waals surface area contributed by atoms with Crippen LogP contribution < -0.4 is 5.32 Å². The molecule has 1 aromatic rings. The van der Waals surface area contributed by atoms with Crippen molar-refractivity contribution in [2.45, 2.75) is 19.0 Å².